The van der Waals surface area contributed by atoms with Crippen LogP contribution in [0.1, 0.15) is 17.3 Å². The third-order valence-corrected chi connectivity index (χ3v) is 2.78. The van der Waals surface area contributed by atoms with E-state index in [1.807, 2.05) is 0 Å². The van der Waals surface area contributed by atoms with E-state index in [9.17, 15) is 14.4 Å². The molecule has 100 valence electrons. The van der Waals surface area contributed by atoms with E-state index in [2.05, 4.69) is 5.32 Å². The van der Waals surface area contributed by atoms with E-state index < -0.39 is 0 Å². The van der Waals surface area contributed by atoms with Crippen LogP contribution in [0.4, 0.5) is 4.79 Å². The summed E-state index contributed by atoms with van der Waals surface area (Å²) >= 11 is 0. The van der Waals surface area contributed by atoms with Crippen LogP contribution < -0.4 is 10.1 Å². The van der Waals surface area contributed by atoms with Gasteiger partial charge in [0, 0.05) is 18.7 Å². The zero-order valence-electron chi connectivity index (χ0n) is 10.5. The first-order chi connectivity index (χ1) is 9.08. The van der Waals surface area contributed by atoms with Crippen LogP contribution in [0, 0.1) is 0 Å². The zero-order valence-corrected chi connectivity index (χ0v) is 10.5. The van der Waals surface area contributed by atoms with Gasteiger partial charge in [0.15, 0.2) is 12.4 Å². The van der Waals surface area contributed by atoms with E-state index in [4.69, 9.17) is 4.74 Å². The summed E-state index contributed by atoms with van der Waals surface area (Å²) in [6, 6.07) is 6.11. The average molecular weight is 262 g/mol. The summed E-state index contributed by atoms with van der Waals surface area (Å²) in [6.07, 6.45) is 0. The molecular formula is C13H14N2O4. The maximum absolute atomic E-state index is 11.7. The monoisotopic (exact) mass is 262 g/mol. The summed E-state index contributed by atoms with van der Waals surface area (Å²) in [5.74, 6) is 0.0694. The van der Waals surface area contributed by atoms with E-state index in [1.165, 1.54) is 6.92 Å². The summed E-state index contributed by atoms with van der Waals surface area (Å²) < 4.78 is 5.28. The van der Waals surface area contributed by atoms with Gasteiger partial charge in [0.25, 0.3) is 5.91 Å². The summed E-state index contributed by atoms with van der Waals surface area (Å²) in [6.45, 7) is 2.11. The van der Waals surface area contributed by atoms with Crippen LogP contribution in [-0.4, -0.2) is 42.3 Å². The third-order valence-electron chi connectivity index (χ3n) is 2.78. The fourth-order valence-corrected chi connectivity index (χ4v) is 1.72. The SMILES string of the molecule is CC(=O)c1ccc(OCC(=O)N2CCNC2=O)cc1. The topological polar surface area (TPSA) is 75.7 Å². The molecule has 2 rings (SSSR count). The van der Waals surface area contributed by atoms with Crippen LogP contribution in [0.25, 0.3) is 0 Å². The number of amides is 3. The number of nitrogens with one attached hydrogen (secondary N) is 1. The highest BCUT2D eigenvalue weighted by Gasteiger charge is 2.26. The molecule has 3 amide bonds. The summed E-state index contributed by atoms with van der Waals surface area (Å²) in [5, 5.41) is 2.54. The largest absolute Gasteiger partial charge is 0.484 e. The van der Waals surface area contributed by atoms with E-state index in [0.29, 0.717) is 24.4 Å². The molecule has 0 aliphatic carbocycles. The standard InChI is InChI=1S/C13H14N2O4/c1-9(16)10-2-4-11(5-3-10)19-8-12(17)15-7-6-14-13(15)18/h2-5H,6-8H2,1H3,(H,14,18). The molecule has 6 nitrogen and oxygen atoms in total. The first-order valence-corrected chi connectivity index (χ1v) is 5.90. The van der Waals surface area contributed by atoms with Crippen molar-refractivity contribution < 1.29 is 19.1 Å². The van der Waals surface area contributed by atoms with Crippen LogP contribution in [0.15, 0.2) is 24.3 Å². The number of carbonyl (C=O) groups excluding carboxylic acids is 3. The van der Waals surface area contributed by atoms with E-state index in [0.717, 1.165) is 4.90 Å². The molecule has 1 saturated heterocycles. The number of ketones is 1. The van der Waals surface area contributed by atoms with E-state index >= 15 is 0 Å². The lowest BCUT2D eigenvalue weighted by Crippen LogP contribution is -2.37. The van der Waals surface area contributed by atoms with Crippen LogP contribution in [0.3, 0.4) is 0 Å². The Labute approximate surface area is 110 Å². The molecule has 0 radical (unpaired) electrons. The normalized spacial score (nSPS) is 14.2. The van der Waals surface area contributed by atoms with Gasteiger partial charge in [-0.15, -0.1) is 0 Å². The predicted molar refractivity (Wildman–Crippen MR) is 67.1 cm³/mol. The highest BCUT2D eigenvalue weighted by Crippen LogP contribution is 2.12. The highest BCUT2D eigenvalue weighted by molar-refractivity contribution is 5.96. The number of urea groups is 1. The van der Waals surface area contributed by atoms with Gasteiger partial charge in [0.2, 0.25) is 0 Å². The zero-order chi connectivity index (χ0) is 13.8. The molecule has 0 aromatic heterocycles. The number of rotatable bonds is 4. The molecule has 1 aliphatic heterocycles. The van der Waals surface area contributed by atoms with Crippen molar-refractivity contribution in [3.8, 4) is 5.75 Å². The van der Waals surface area contributed by atoms with Crippen LogP contribution in [0.2, 0.25) is 0 Å². The van der Waals surface area contributed by atoms with Gasteiger partial charge in [0.05, 0.1) is 0 Å². The number of hydrogen-bond donors (Lipinski definition) is 1. The maximum atomic E-state index is 11.7. The third kappa shape index (κ3) is 3.09. The van der Waals surface area contributed by atoms with Gasteiger partial charge < -0.3 is 10.1 Å². The van der Waals surface area contributed by atoms with Crippen LogP contribution >= 0.6 is 0 Å². The Bertz CT molecular complexity index is 510. The lowest BCUT2D eigenvalue weighted by molar-refractivity contribution is -0.129. The number of imide groups is 1. The Balaban J connectivity index is 1.89. The van der Waals surface area contributed by atoms with Crippen molar-refractivity contribution in [1.82, 2.24) is 10.2 Å². The molecule has 0 atom stereocenters. The first-order valence-electron chi connectivity index (χ1n) is 5.90. The Kier molecular flexibility index (Phi) is 3.79. The molecule has 1 aliphatic rings. The van der Waals surface area contributed by atoms with Crippen LogP contribution in [-0.2, 0) is 4.79 Å². The lowest BCUT2D eigenvalue weighted by Gasteiger charge is -2.12. The Morgan fingerprint density at radius 2 is 2.00 bits per heavy atom. The molecule has 0 unspecified atom stereocenters. The molecule has 1 aromatic rings. The predicted octanol–water partition coefficient (Wildman–Crippen LogP) is 0.820. The van der Waals surface area contributed by atoms with Gasteiger partial charge in [-0.1, -0.05) is 0 Å². The van der Waals surface area contributed by atoms with Crippen molar-refractivity contribution >= 4 is 17.7 Å². The molecule has 6 heteroatoms. The van der Waals surface area contributed by atoms with Gasteiger partial charge in [-0.2, -0.15) is 0 Å². The minimum atomic E-state index is -0.388. The Morgan fingerprint density at radius 1 is 1.32 bits per heavy atom. The summed E-state index contributed by atoms with van der Waals surface area (Å²) in [5.41, 5.74) is 0.581. The van der Waals surface area contributed by atoms with Crippen molar-refractivity contribution in [2.24, 2.45) is 0 Å². The molecule has 19 heavy (non-hydrogen) atoms. The molecule has 0 saturated carbocycles. The molecule has 1 fully saturated rings. The number of nitrogens with zero attached hydrogens (tertiary/aromatic N) is 1. The van der Waals surface area contributed by atoms with Crippen molar-refractivity contribution in [1.29, 1.82) is 0 Å². The number of carbonyl (C=O) groups is 3. The number of hydrogen-bond acceptors (Lipinski definition) is 4. The second-order valence-electron chi connectivity index (χ2n) is 4.15. The van der Waals surface area contributed by atoms with Gasteiger partial charge in [-0.25, -0.2) is 4.79 Å². The molecule has 0 spiro atoms. The Hall–Kier alpha value is -2.37. The van der Waals surface area contributed by atoms with Gasteiger partial charge in [0.1, 0.15) is 5.75 Å². The van der Waals surface area contributed by atoms with Crippen molar-refractivity contribution in [3.63, 3.8) is 0 Å². The van der Waals surface area contributed by atoms with Gasteiger partial charge in [-0.3, -0.25) is 14.5 Å². The minimum Gasteiger partial charge on any atom is -0.484 e. The fraction of sp³-hybridized carbons (Fsp3) is 0.308. The Morgan fingerprint density at radius 3 is 2.53 bits per heavy atom. The van der Waals surface area contributed by atoms with Crippen molar-refractivity contribution in [2.45, 2.75) is 6.92 Å². The van der Waals surface area contributed by atoms with Crippen molar-refractivity contribution in [2.75, 3.05) is 19.7 Å². The molecular weight excluding hydrogens is 248 g/mol. The second-order valence-corrected chi connectivity index (χ2v) is 4.15. The average Bonchev–Trinajstić information content (AvgIpc) is 2.83. The van der Waals surface area contributed by atoms with Crippen LogP contribution in [0.5, 0.6) is 5.75 Å². The second kappa shape index (κ2) is 5.51. The minimum absolute atomic E-state index is 0.0311. The lowest BCUT2D eigenvalue weighted by atomic mass is 10.1. The molecule has 1 heterocycles. The molecule has 1 aromatic carbocycles. The smallest absolute Gasteiger partial charge is 0.324 e. The summed E-state index contributed by atoms with van der Waals surface area (Å²) in [7, 11) is 0. The molecule has 0 bridgehead atoms. The summed E-state index contributed by atoms with van der Waals surface area (Å²) in [4.78, 5) is 35.1. The highest BCUT2D eigenvalue weighted by atomic mass is 16.5. The fourth-order valence-electron chi connectivity index (χ4n) is 1.72. The number of Topliss-reactive ketones (excluding diaryl/α,β-unsaturated/α-hetero) is 1. The van der Waals surface area contributed by atoms with Gasteiger partial charge in [-0.05, 0) is 31.2 Å². The van der Waals surface area contributed by atoms with E-state index in [1.54, 1.807) is 24.3 Å². The van der Waals surface area contributed by atoms with Gasteiger partial charge >= 0.3 is 6.03 Å². The maximum Gasteiger partial charge on any atom is 0.324 e. The first kappa shape index (κ1) is 13.1. The number of benzene rings is 1. The number of ether oxygens (including phenoxy) is 1. The van der Waals surface area contributed by atoms with Crippen molar-refractivity contribution in [3.05, 3.63) is 29.8 Å². The quantitative estimate of drug-likeness (QED) is 0.815. The molecule has 1 N–H and O–H groups in total. The van der Waals surface area contributed by atoms with E-state index in [-0.39, 0.29) is 24.3 Å².